The van der Waals surface area contributed by atoms with Crippen LogP contribution in [0.15, 0.2) is 36.5 Å². The van der Waals surface area contributed by atoms with E-state index in [1.165, 1.54) is 0 Å². The van der Waals surface area contributed by atoms with Crippen LogP contribution in [0.25, 0.3) is 0 Å². The maximum Gasteiger partial charge on any atom is 0.0441 e. The van der Waals surface area contributed by atoms with Crippen molar-refractivity contribution < 1.29 is 0 Å². The van der Waals surface area contributed by atoms with Gasteiger partial charge in [-0.15, -0.1) is 0 Å². The highest BCUT2D eigenvalue weighted by atomic mass is 14.9. The molecule has 0 aliphatic heterocycles. The highest BCUT2D eigenvalue weighted by Crippen LogP contribution is 1.95. The van der Waals surface area contributed by atoms with E-state index in [4.69, 9.17) is 0 Å². The average Bonchev–Trinajstić information content (AvgIpc) is 2.17. The van der Waals surface area contributed by atoms with Crippen LogP contribution in [0.1, 0.15) is 6.92 Å². The van der Waals surface area contributed by atoms with Gasteiger partial charge in [-0.05, 0) is 6.54 Å². The third-order valence-corrected chi connectivity index (χ3v) is 1.41. The van der Waals surface area contributed by atoms with Gasteiger partial charge in [0.05, 0.1) is 0 Å². The summed E-state index contributed by atoms with van der Waals surface area (Å²) in [6, 6.07) is 0.417. The van der Waals surface area contributed by atoms with E-state index in [2.05, 4.69) is 36.5 Å². The first-order chi connectivity index (χ1) is 4.93. The summed E-state index contributed by atoms with van der Waals surface area (Å²) < 4.78 is 0. The van der Waals surface area contributed by atoms with Crippen molar-refractivity contribution in [1.29, 1.82) is 0 Å². The Labute approximate surface area is 62.1 Å². The summed E-state index contributed by atoms with van der Waals surface area (Å²) >= 11 is 0. The van der Waals surface area contributed by atoms with Gasteiger partial charge in [0.15, 0.2) is 0 Å². The molecule has 54 valence electrons. The molecule has 1 aliphatic rings. The lowest BCUT2D eigenvalue weighted by molar-refractivity contribution is 0.708. The average molecular weight is 135 g/mol. The number of rotatable bonds is 2. The van der Waals surface area contributed by atoms with E-state index < -0.39 is 0 Å². The lowest BCUT2D eigenvalue weighted by atomic mass is 10.2. The van der Waals surface area contributed by atoms with Gasteiger partial charge in [-0.2, -0.15) is 0 Å². The molecule has 1 rings (SSSR count). The Bertz CT molecular complexity index is 150. The van der Waals surface area contributed by atoms with Gasteiger partial charge >= 0.3 is 0 Å². The van der Waals surface area contributed by atoms with Crippen LogP contribution in [-0.4, -0.2) is 12.6 Å². The topological polar surface area (TPSA) is 12.0 Å². The van der Waals surface area contributed by atoms with Gasteiger partial charge in [-0.3, -0.25) is 0 Å². The minimum atomic E-state index is 0.417. The molecule has 0 spiro atoms. The van der Waals surface area contributed by atoms with Crippen LogP contribution in [0.2, 0.25) is 0 Å². The van der Waals surface area contributed by atoms with E-state index in [-0.39, 0.29) is 0 Å². The Morgan fingerprint density at radius 1 is 1.10 bits per heavy atom. The van der Waals surface area contributed by atoms with Crippen molar-refractivity contribution in [3.05, 3.63) is 36.5 Å². The van der Waals surface area contributed by atoms with Crippen LogP contribution in [-0.2, 0) is 0 Å². The van der Waals surface area contributed by atoms with Crippen LogP contribution in [0.4, 0.5) is 0 Å². The van der Waals surface area contributed by atoms with Crippen LogP contribution in [0.5, 0.6) is 0 Å². The Balaban J connectivity index is 2.46. The predicted molar refractivity (Wildman–Crippen MR) is 44.9 cm³/mol. The largest absolute Gasteiger partial charge is 0.307 e. The highest BCUT2D eigenvalue weighted by Gasteiger charge is 1.94. The molecule has 0 aromatic carbocycles. The van der Waals surface area contributed by atoms with Gasteiger partial charge in [-0.25, -0.2) is 0 Å². The standard InChI is InChI=1S/C9H13N/c1-2-10-9-7-5-3-4-6-8-9/h3-10H,2H2,1H3. The second-order valence-corrected chi connectivity index (χ2v) is 2.24. The van der Waals surface area contributed by atoms with Crippen molar-refractivity contribution >= 4 is 0 Å². The zero-order valence-electron chi connectivity index (χ0n) is 6.25. The lowest BCUT2D eigenvalue weighted by Gasteiger charge is -2.05. The predicted octanol–water partition coefficient (Wildman–Crippen LogP) is 1.65. The van der Waals surface area contributed by atoms with E-state index >= 15 is 0 Å². The number of nitrogens with one attached hydrogen (secondary N) is 1. The molecule has 1 aliphatic carbocycles. The fourth-order valence-corrected chi connectivity index (χ4v) is 0.932. The first-order valence-corrected chi connectivity index (χ1v) is 3.68. The SMILES string of the molecule is CCNC1C=CC=CC=C1. The van der Waals surface area contributed by atoms with Crippen LogP contribution >= 0.6 is 0 Å². The number of hydrogen-bond donors (Lipinski definition) is 1. The normalized spacial score (nSPS) is 17.7. The fourth-order valence-electron chi connectivity index (χ4n) is 0.932. The molecule has 0 fully saturated rings. The molecule has 1 N–H and O–H groups in total. The molecule has 0 saturated carbocycles. The minimum absolute atomic E-state index is 0.417. The van der Waals surface area contributed by atoms with E-state index in [0.717, 1.165) is 6.54 Å². The first-order valence-electron chi connectivity index (χ1n) is 3.68. The summed E-state index contributed by atoms with van der Waals surface area (Å²) in [5, 5.41) is 3.31. The van der Waals surface area contributed by atoms with Crippen molar-refractivity contribution in [1.82, 2.24) is 5.32 Å². The smallest absolute Gasteiger partial charge is 0.0441 e. The van der Waals surface area contributed by atoms with Crippen LogP contribution in [0.3, 0.4) is 0 Å². The molecule has 0 heterocycles. The van der Waals surface area contributed by atoms with Crippen molar-refractivity contribution in [2.45, 2.75) is 13.0 Å². The van der Waals surface area contributed by atoms with Crippen molar-refractivity contribution in [3.63, 3.8) is 0 Å². The molecule has 0 saturated heterocycles. The fraction of sp³-hybridized carbons (Fsp3) is 0.333. The Hall–Kier alpha value is -0.820. The summed E-state index contributed by atoms with van der Waals surface area (Å²) in [5.74, 6) is 0. The van der Waals surface area contributed by atoms with Crippen molar-refractivity contribution in [3.8, 4) is 0 Å². The zero-order chi connectivity index (χ0) is 7.23. The second-order valence-electron chi connectivity index (χ2n) is 2.24. The first kappa shape index (κ1) is 7.29. The summed E-state index contributed by atoms with van der Waals surface area (Å²) in [4.78, 5) is 0. The third kappa shape index (κ3) is 2.19. The molecule has 1 heteroatoms. The van der Waals surface area contributed by atoms with Gasteiger partial charge in [0, 0.05) is 6.04 Å². The molecule has 0 atom stereocenters. The number of allylic oxidation sites excluding steroid dienone is 4. The molecule has 0 amide bonds. The van der Waals surface area contributed by atoms with E-state index in [0.29, 0.717) is 6.04 Å². The Kier molecular flexibility index (Phi) is 2.97. The summed E-state index contributed by atoms with van der Waals surface area (Å²) in [5.41, 5.74) is 0. The molecular weight excluding hydrogens is 122 g/mol. The molecule has 10 heavy (non-hydrogen) atoms. The molecule has 0 unspecified atom stereocenters. The summed E-state index contributed by atoms with van der Waals surface area (Å²) in [7, 11) is 0. The molecular formula is C9H13N. The molecule has 0 bridgehead atoms. The monoisotopic (exact) mass is 135 g/mol. The highest BCUT2D eigenvalue weighted by molar-refractivity contribution is 5.21. The zero-order valence-corrected chi connectivity index (χ0v) is 6.25. The quantitative estimate of drug-likeness (QED) is 0.607. The van der Waals surface area contributed by atoms with Gasteiger partial charge in [0.1, 0.15) is 0 Å². The number of hydrogen-bond acceptors (Lipinski definition) is 1. The van der Waals surface area contributed by atoms with Crippen molar-refractivity contribution in [2.75, 3.05) is 6.54 Å². The second kappa shape index (κ2) is 4.07. The van der Waals surface area contributed by atoms with E-state index in [1.807, 2.05) is 12.2 Å². The van der Waals surface area contributed by atoms with Gasteiger partial charge in [-0.1, -0.05) is 43.4 Å². The molecule has 0 radical (unpaired) electrons. The van der Waals surface area contributed by atoms with E-state index in [1.54, 1.807) is 0 Å². The minimum Gasteiger partial charge on any atom is -0.307 e. The maximum absolute atomic E-state index is 3.31. The molecule has 1 nitrogen and oxygen atoms in total. The van der Waals surface area contributed by atoms with Crippen molar-refractivity contribution in [2.24, 2.45) is 0 Å². The Morgan fingerprint density at radius 3 is 2.20 bits per heavy atom. The maximum atomic E-state index is 3.31. The van der Waals surface area contributed by atoms with Crippen LogP contribution < -0.4 is 5.32 Å². The number of likely N-dealkylation sites (N-methyl/N-ethyl adjacent to an activating group) is 1. The summed E-state index contributed by atoms with van der Waals surface area (Å²) in [6.45, 7) is 3.12. The lowest BCUT2D eigenvalue weighted by Crippen LogP contribution is -2.24. The van der Waals surface area contributed by atoms with E-state index in [9.17, 15) is 0 Å². The van der Waals surface area contributed by atoms with Gasteiger partial charge < -0.3 is 5.32 Å². The van der Waals surface area contributed by atoms with Gasteiger partial charge in [0.25, 0.3) is 0 Å². The molecule has 0 aromatic heterocycles. The van der Waals surface area contributed by atoms with Crippen LogP contribution in [0, 0.1) is 0 Å². The Morgan fingerprint density at radius 2 is 1.70 bits per heavy atom. The molecule has 0 aromatic rings. The van der Waals surface area contributed by atoms with Gasteiger partial charge in [0.2, 0.25) is 0 Å². The summed E-state index contributed by atoms with van der Waals surface area (Å²) in [6.07, 6.45) is 12.5. The third-order valence-electron chi connectivity index (χ3n) is 1.41.